The molecule has 29 heavy (non-hydrogen) atoms. The lowest BCUT2D eigenvalue weighted by Gasteiger charge is -2.27. The lowest BCUT2D eigenvalue weighted by molar-refractivity contribution is -0.133. The van der Waals surface area contributed by atoms with E-state index in [4.69, 9.17) is 0 Å². The second-order valence-electron chi connectivity index (χ2n) is 8.24. The molecule has 1 aromatic heterocycles. The molecular weight excluding hydrogens is 362 g/mol. The summed E-state index contributed by atoms with van der Waals surface area (Å²) >= 11 is 0. The van der Waals surface area contributed by atoms with E-state index in [1.165, 1.54) is 38.5 Å². The number of hydrogen-bond acceptors (Lipinski definition) is 4. The van der Waals surface area contributed by atoms with Crippen molar-refractivity contribution < 1.29 is 4.79 Å². The van der Waals surface area contributed by atoms with Crippen LogP contribution in [-0.2, 0) is 11.2 Å². The van der Waals surface area contributed by atoms with Gasteiger partial charge in [-0.15, -0.1) is 10.2 Å². The molecule has 1 rings (SSSR count). The van der Waals surface area contributed by atoms with Gasteiger partial charge >= 0.3 is 0 Å². The minimum Gasteiger partial charge on any atom is -0.340 e. The van der Waals surface area contributed by atoms with Gasteiger partial charge in [0.25, 0.3) is 0 Å². The number of H-pyrrole nitrogens is 1. The van der Waals surface area contributed by atoms with Gasteiger partial charge in [0.1, 0.15) is 0 Å². The molecule has 0 aliphatic carbocycles. The predicted octanol–water partition coefficient (Wildman–Crippen LogP) is 5.63. The average Bonchev–Trinajstić information content (AvgIpc) is 3.22. The molecular formula is C23H43N5O. The molecule has 1 amide bonds. The second kappa shape index (κ2) is 17.2. The number of aromatic amines is 1. The fraction of sp³-hybridized carbons (Fsp3) is 0.826. The Balaban J connectivity index is 1.99. The number of allylic oxidation sites excluding steroid dienone is 2. The zero-order valence-corrected chi connectivity index (χ0v) is 19.0. The quantitative estimate of drug-likeness (QED) is 0.254. The Bertz CT molecular complexity index is 527. The Morgan fingerprint density at radius 2 is 1.66 bits per heavy atom. The topological polar surface area (TPSA) is 74.8 Å². The summed E-state index contributed by atoms with van der Waals surface area (Å²) in [6.07, 6.45) is 20.3. The summed E-state index contributed by atoms with van der Waals surface area (Å²) in [7, 11) is 0. The summed E-state index contributed by atoms with van der Waals surface area (Å²) < 4.78 is 0. The highest BCUT2D eigenvalue weighted by Crippen LogP contribution is 2.11. The van der Waals surface area contributed by atoms with Gasteiger partial charge in [0.2, 0.25) is 5.91 Å². The standard InChI is InChI=1S/C23H43N5O/c1-4-5-6-16-19-23(29)28(21(2)3)20-17-14-12-10-8-7-9-11-13-15-18-22-24-26-27-25-22/h8,10,21H,4-7,9,11-20H2,1-3H3,(H,24,25,26,27). The number of hydrogen-bond donors (Lipinski definition) is 1. The van der Waals surface area contributed by atoms with Gasteiger partial charge in [0.15, 0.2) is 5.82 Å². The number of carbonyl (C=O) groups is 1. The lowest BCUT2D eigenvalue weighted by Crippen LogP contribution is -2.37. The molecule has 0 aromatic carbocycles. The van der Waals surface area contributed by atoms with E-state index < -0.39 is 0 Å². The normalized spacial score (nSPS) is 11.6. The predicted molar refractivity (Wildman–Crippen MR) is 120 cm³/mol. The molecule has 0 saturated heterocycles. The molecule has 6 heteroatoms. The Morgan fingerprint density at radius 1 is 0.966 bits per heavy atom. The van der Waals surface area contributed by atoms with Crippen LogP contribution in [0.4, 0.5) is 0 Å². The largest absolute Gasteiger partial charge is 0.340 e. The molecule has 0 aliphatic rings. The molecule has 0 unspecified atom stereocenters. The monoisotopic (exact) mass is 405 g/mol. The van der Waals surface area contributed by atoms with Crippen LogP contribution in [0, 0.1) is 0 Å². The number of carbonyl (C=O) groups excluding carboxylic acids is 1. The molecule has 6 nitrogen and oxygen atoms in total. The molecule has 0 fully saturated rings. The average molecular weight is 406 g/mol. The molecule has 1 aromatic rings. The van der Waals surface area contributed by atoms with Crippen molar-refractivity contribution in [2.75, 3.05) is 6.54 Å². The number of tetrazole rings is 1. The first-order valence-corrected chi connectivity index (χ1v) is 11.8. The molecule has 0 radical (unpaired) electrons. The zero-order chi connectivity index (χ0) is 21.2. The summed E-state index contributed by atoms with van der Waals surface area (Å²) in [5, 5.41) is 14.0. The molecule has 0 bridgehead atoms. The van der Waals surface area contributed by atoms with Crippen LogP contribution in [0.5, 0.6) is 0 Å². The first-order valence-electron chi connectivity index (χ1n) is 11.8. The number of amides is 1. The third-order valence-corrected chi connectivity index (χ3v) is 5.28. The van der Waals surface area contributed by atoms with E-state index in [1.54, 1.807) is 0 Å². The Kier molecular flexibility index (Phi) is 15.0. The van der Waals surface area contributed by atoms with E-state index in [2.05, 4.69) is 58.4 Å². The van der Waals surface area contributed by atoms with E-state index in [0.717, 1.165) is 57.3 Å². The summed E-state index contributed by atoms with van der Waals surface area (Å²) in [6.45, 7) is 7.37. The summed E-state index contributed by atoms with van der Waals surface area (Å²) in [4.78, 5) is 14.5. The van der Waals surface area contributed by atoms with Crippen molar-refractivity contribution in [1.29, 1.82) is 0 Å². The van der Waals surface area contributed by atoms with Crippen molar-refractivity contribution in [3.8, 4) is 0 Å². The van der Waals surface area contributed by atoms with E-state index in [0.29, 0.717) is 18.4 Å². The van der Waals surface area contributed by atoms with E-state index in [-0.39, 0.29) is 0 Å². The van der Waals surface area contributed by atoms with Crippen molar-refractivity contribution >= 4 is 5.91 Å². The van der Waals surface area contributed by atoms with Crippen molar-refractivity contribution in [3.05, 3.63) is 18.0 Å². The van der Waals surface area contributed by atoms with Gasteiger partial charge in [-0.05, 0) is 58.8 Å². The van der Waals surface area contributed by atoms with E-state index in [1.807, 2.05) is 0 Å². The molecule has 0 atom stereocenters. The fourth-order valence-electron chi connectivity index (χ4n) is 3.48. The highest BCUT2D eigenvalue weighted by molar-refractivity contribution is 5.76. The minimum atomic E-state index is 0.310. The maximum atomic E-state index is 12.4. The molecule has 166 valence electrons. The third kappa shape index (κ3) is 13.2. The highest BCUT2D eigenvalue weighted by atomic mass is 16.2. The molecule has 0 aliphatic heterocycles. The van der Waals surface area contributed by atoms with Gasteiger partial charge < -0.3 is 4.90 Å². The van der Waals surface area contributed by atoms with Crippen LogP contribution in [0.1, 0.15) is 110 Å². The second-order valence-corrected chi connectivity index (χ2v) is 8.24. The first kappa shape index (κ1) is 25.3. The van der Waals surface area contributed by atoms with Gasteiger partial charge in [-0.1, -0.05) is 56.4 Å². The molecule has 0 saturated carbocycles. The minimum absolute atomic E-state index is 0.310. The number of aryl methyl sites for hydroxylation is 1. The van der Waals surface area contributed by atoms with Crippen LogP contribution < -0.4 is 0 Å². The summed E-state index contributed by atoms with van der Waals surface area (Å²) in [5.74, 6) is 1.16. The summed E-state index contributed by atoms with van der Waals surface area (Å²) in [5.41, 5.74) is 0. The van der Waals surface area contributed by atoms with Crippen molar-refractivity contribution in [2.45, 2.75) is 117 Å². The van der Waals surface area contributed by atoms with Crippen LogP contribution >= 0.6 is 0 Å². The summed E-state index contributed by atoms with van der Waals surface area (Å²) in [6, 6.07) is 0.310. The van der Waals surface area contributed by atoms with E-state index in [9.17, 15) is 4.79 Å². The van der Waals surface area contributed by atoms with Crippen LogP contribution in [0.2, 0.25) is 0 Å². The van der Waals surface area contributed by atoms with Crippen LogP contribution in [0.15, 0.2) is 12.2 Å². The van der Waals surface area contributed by atoms with Crippen LogP contribution in [0.3, 0.4) is 0 Å². The number of nitrogens with one attached hydrogen (secondary N) is 1. The SMILES string of the molecule is CCCCCCC(=O)N(CCCCC=CCCCCCCc1nn[nH]n1)C(C)C. The Labute approximate surface area is 177 Å². The van der Waals surface area contributed by atoms with Gasteiger partial charge in [-0.2, -0.15) is 5.21 Å². The maximum Gasteiger partial charge on any atom is 0.222 e. The van der Waals surface area contributed by atoms with Gasteiger partial charge in [0.05, 0.1) is 0 Å². The van der Waals surface area contributed by atoms with Gasteiger partial charge in [-0.3, -0.25) is 4.79 Å². The highest BCUT2D eigenvalue weighted by Gasteiger charge is 2.15. The maximum absolute atomic E-state index is 12.4. The van der Waals surface area contributed by atoms with Crippen LogP contribution in [-0.4, -0.2) is 44.0 Å². The van der Waals surface area contributed by atoms with E-state index >= 15 is 0 Å². The molecule has 1 heterocycles. The van der Waals surface area contributed by atoms with Crippen molar-refractivity contribution in [1.82, 2.24) is 25.5 Å². The third-order valence-electron chi connectivity index (χ3n) is 5.28. The smallest absolute Gasteiger partial charge is 0.222 e. The molecule has 0 spiro atoms. The zero-order valence-electron chi connectivity index (χ0n) is 19.0. The first-order chi connectivity index (χ1) is 14.1. The van der Waals surface area contributed by atoms with Crippen molar-refractivity contribution in [3.63, 3.8) is 0 Å². The number of unbranched alkanes of at least 4 members (excludes halogenated alkanes) is 9. The Morgan fingerprint density at radius 3 is 2.31 bits per heavy atom. The number of aromatic nitrogens is 4. The fourth-order valence-corrected chi connectivity index (χ4v) is 3.48. The number of nitrogens with zero attached hydrogens (tertiary/aromatic N) is 4. The van der Waals surface area contributed by atoms with Gasteiger partial charge in [-0.25, -0.2) is 0 Å². The van der Waals surface area contributed by atoms with Gasteiger partial charge in [0, 0.05) is 25.4 Å². The molecule has 1 N–H and O–H groups in total. The Hall–Kier alpha value is -1.72. The van der Waals surface area contributed by atoms with Crippen LogP contribution in [0.25, 0.3) is 0 Å². The van der Waals surface area contributed by atoms with Crippen molar-refractivity contribution in [2.24, 2.45) is 0 Å². The number of rotatable bonds is 18. The lowest BCUT2D eigenvalue weighted by atomic mass is 10.1.